The molecule has 0 aliphatic carbocycles. The van der Waals surface area contributed by atoms with Gasteiger partial charge in [-0.05, 0) is 35.9 Å². The molecule has 0 N–H and O–H groups in total. The fourth-order valence-corrected chi connectivity index (χ4v) is 3.49. The van der Waals surface area contributed by atoms with E-state index in [1.807, 2.05) is 18.2 Å². The number of methoxy groups -OCH3 is 1. The lowest BCUT2D eigenvalue weighted by Crippen LogP contribution is -2.35. The molecular formula is C21H20ClN3O3. The molecule has 4 rings (SSSR count). The first kappa shape index (κ1) is 18.8. The SMILES string of the molecule is COC(=O)c1ccc(-c2cc(CN3CCOCC3)c3ccc(Cl)cc3n2)nc1. The van der Waals surface area contributed by atoms with Crippen molar-refractivity contribution in [1.29, 1.82) is 0 Å². The molecule has 144 valence electrons. The van der Waals surface area contributed by atoms with Gasteiger partial charge in [-0.1, -0.05) is 17.7 Å². The molecule has 0 atom stereocenters. The van der Waals surface area contributed by atoms with Crippen molar-refractivity contribution in [1.82, 2.24) is 14.9 Å². The molecule has 6 nitrogen and oxygen atoms in total. The number of carbonyl (C=O) groups excluding carboxylic acids is 1. The Kier molecular flexibility index (Phi) is 5.52. The maximum Gasteiger partial charge on any atom is 0.339 e. The summed E-state index contributed by atoms with van der Waals surface area (Å²) in [6.45, 7) is 4.10. The van der Waals surface area contributed by atoms with Crippen LogP contribution in [0, 0.1) is 0 Å². The molecule has 7 heteroatoms. The van der Waals surface area contributed by atoms with E-state index in [0.717, 1.165) is 55.0 Å². The topological polar surface area (TPSA) is 64.5 Å². The van der Waals surface area contributed by atoms with E-state index in [2.05, 4.69) is 16.0 Å². The van der Waals surface area contributed by atoms with Crippen LogP contribution in [0.15, 0.2) is 42.6 Å². The molecule has 0 radical (unpaired) electrons. The summed E-state index contributed by atoms with van der Waals surface area (Å²) in [7, 11) is 1.35. The highest BCUT2D eigenvalue weighted by atomic mass is 35.5. The van der Waals surface area contributed by atoms with E-state index < -0.39 is 5.97 Å². The van der Waals surface area contributed by atoms with Gasteiger partial charge in [-0.3, -0.25) is 9.88 Å². The van der Waals surface area contributed by atoms with Gasteiger partial charge in [-0.15, -0.1) is 0 Å². The number of carbonyl (C=O) groups is 1. The normalized spacial score (nSPS) is 14.9. The second-order valence-electron chi connectivity index (χ2n) is 6.64. The maximum atomic E-state index is 11.6. The molecule has 1 aliphatic rings. The third-order valence-electron chi connectivity index (χ3n) is 4.80. The number of hydrogen-bond donors (Lipinski definition) is 0. The summed E-state index contributed by atoms with van der Waals surface area (Å²) in [6, 6.07) is 11.3. The molecule has 0 amide bonds. The average Bonchev–Trinajstić information content (AvgIpc) is 2.73. The summed E-state index contributed by atoms with van der Waals surface area (Å²) in [6.07, 6.45) is 1.51. The zero-order chi connectivity index (χ0) is 19.5. The smallest absolute Gasteiger partial charge is 0.339 e. The van der Waals surface area contributed by atoms with Crippen LogP contribution < -0.4 is 0 Å². The Hall–Kier alpha value is -2.54. The van der Waals surface area contributed by atoms with Gasteiger partial charge in [0.15, 0.2) is 0 Å². The quantitative estimate of drug-likeness (QED) is 0.627. The number of pyridine rings is 2. The third kappa shape index (κ3) is 3.99. The first-order chi connectivity index (χ1) is 13.6. The van der Waals surface area contributed by atoms with Crippen LogP contribution in [-0.2, 0) is 16.0 Å². The highest BCUT2D eigenvalue weighted by Gasteiger charge is 2.15. The Bertz CT molecular complexity index is 1000. The van der Waals surface area contributed by atoms with Crippen LogP contribution in [0.1, 0.15) is 15.9 Å². The lowest BCUT2D eigenvalue weighted by atomic mass is 10.1. The van der Waals surface area contributed by atoms with Crippen LogP contribution >= 0.6 is 11.6 Å². The summed E-state index contributed by atoms with van der Waals surface area (Å²) in [4.78, 5) is 23.2. The number of hydrogen-bond acceptors (Lipinski definition) is 6. The van der Waals surface area contributed by atoms with Gasteiger partial charge in [0.05, 0.1) is 42.8 Å². The Labute approximate surface area is 168 Å². The molecule has 0 spiro atoms. The number of fused-ring (bicyclic) bond motifs is 1. The molecule has 1 aliphatic heterocycles. The highest BCUT2D eigenvalue weighted by Crippen LogP contribution is 2.27. The fourth-order valence-electron chi connectivity index (χ4n) is 3.32. The standard InChI is InChI=1S/C21H20ClN3O3/c1-27-21(26)14-2-5-18(23-12-14)20-10-15(13-25-6-8-28-9-7-25)17-4-3-16(22)11-19(17)24-20/h2-5,10-12H,6-9,13H2,1H3. The van der Waals surface area contributed by atoms with E-state index in [1.165, 1.54) is 13.3 Å². The fraction of sp³-hybridized carbons (Fsp3) is 0.286. The van der Waals surface area contributed by atoms with E-state index in [1.54, 1.807) is 12.1 Å². The molecule has 1 fully saturated rings. The molecule has 0 saturated carbocycles. The number of halogens is 1. The number of ether oxygens (including phenoxy) is 2. The van der Waals surface area contributed by atoms with Crippen LogP contribution in [-0.4, -0.2) is 54.3 Å². The molecule has 1 saturated heterocycles. The third-order valence-corrected chi connectivity index (χ3v) is 5.04. The number of rotatable bonds is 4. The molecule has 28 heavy (non-hydrogen) atoms. The predicted octanol–water partition coefficient (Wildman–Crippen LogP) is 3.57. The Morgan fingerprint density at radius 3 is 2.71 bits per heavy atom. The second kappa shape index (κ2) is 8.22. The van der Waals surface area contributed by atoms with E-state index in [9.17, 15) is 4.79 Å². The second-order valence-corrected chi connectivity index (χ2v) is 7.08. The van der Waals surface area contributed by atoms with Crippen molar-refractivity contribution in [2.45, 2.75) is 6.54 Å². The minimum Gasteiger partial charge on any atom is -0.465 e. The Balaban J connectivity index is 1.74. The molecular weight excluding hydrogens is 378 g/mol. The van der Waals surface area contributed by atoms with Crippen LogP contribution in [0.5, 0.6) is 0 Å². The van der Waals surface area contributed by atoms with E-state index in [0.29, 0.717) is 16.3 Å². The van der Waals surface area contributed by atoms with Crippen molar-refractivity contribution in [2.75, 3.05) is 33.4 Å². The van der Waals surface area contributed by atoms with Gasteiger partial charge in [0, 0.05) is 36.2 Å². The molecule has 0 unspecified atom stereocenters. The van der Waals surface area contributed by atoms with Crippen molar-refractivity contribution in [3.8, 4) is 11.4 Å². The summed E-state index contributed by atoms with van der Waals surface area (Å²) in [5, 5.41) is 1.72. The molecule has 3 aromatic rings. The summed E-state index contributed by atoms with van der Waals surface area (Å²) in [5.41, 5.74) is 3.83. The highest BCUT2D eigenvalue weighted by molar-refractivity contribution is 6.31. The number of aromatic nitrogens is 2. The zero-order valence-corrected chi connectivity index (χ0v) is 16.3. The molecule has 1 aromatic carbocycles. The number of nitrogens with zero attached hydrogens (tertiary/aromatic N) is 3. The molecule has 2 aromatic heterocycles. The molecule has 3 heterocycles. The van der Waals surface area contributed by atoms with Gasteiger partial charge in [0.1, 0.15) is 0 Å². The van der Waals surface area contributed by atoms with E-state index >= 15 is 0 Å². The van der Waals surface area contributed by atoms with Gasteiger partial charge in [0.2, 0.25) is 0 Å². The van der Waals surface area contributed by atoms with Crippen molar-refractivity contribution in [3.63, 3.8) is 0 Å². The molecule has 0 bridgehead atoms. The van der Waals surface area contributed by atoms with Gasteiger partial charge in [0.25, 0.3) is 0 Å². The largest absolute Gasteiger partial charge is 0.465 e. The van der Waals surface area contributed by atoms with Crippen molar-refractivity contribution in [3.05, 3.63) is 58.7 Å². The van der Waals surface area contributed by atoms with E-state index in [4.69, 9.17) is 26.1 Å². The van der Waals surface area contributed by atoms with Crippen molar-refractivity contribution >= 4 is 28.5 Å². The number of morpholine rings is 1. The van der Waals surface area contributed by atoms with Crippen molar-refractivity contribution < 1.29 is 14.3 Å². The minimum atomic E-state index is -0.412. The van der Waals surface area contributed by atoms with Gasteiger partial charge in [-0.25, -0.2) is 9.78 Å². The van der Waals surface area contributed by atoms with Gasteiger partial charge < -0.3 is 9.47 Å². The van der Waals surface area contributed by atoms with Crippen molar-refractivity contribution in [2.24, 2.45) is 0 Å². The van der Waals surface area contributed by atoms with Crippen LogP contribution in [0.4, 0.5) is 0 Å². The summed E-state index contributed by atoms with van der Waals surface area (Å²) >= 11 is 6.20. The monoisotopic (exact) mass is 397 g/mol. The van der Waals surface area contributed by atoms with Gasteiger partial charge >= 0.3 is 5.97 Å². The summed E-state index contributed by atoms with van der Waals surface area (Å²) < 4.78 is 10.2. The lowest BCUT2D eigenvalue weighted by Gasteiger charge is -2.27. The lowest BCUT2D eigenvalue weighted by molar-refractivity contribution is 0.0343. The predicted molar refractivity (Wildman–Crippen MR) is 107 cm³/mol. The first-order valence-corrected chi connectivity index (χ1v) is 9.46. The minimum absolute atomic E-state index is 0.406. The number of benzene rings is 1. The summed E-state index contributed by atoms with van der Waals surface area (Å²) in [5.74, 6) is -0.412. The Morgan fingerprint density at radius 2 is 2.00 bits per heavy atom. The van der Waals surface area contributed by atoms with Gasteiger partial charge in [-0.2, -0.15) is 0 Å². The van der Waals surface area contributed by atoms with Crippen LogP contribution in [0.2, 0.25) is 5.02 Å². The van der Waals surface area contributed by atoms with E-state index in [-0.39, 0.29) is 0 Å². The van der Waals surface area contributed by atoms with Crippen LogP contribution in [0.3, 0.4) is 0 Å². The van der Waals surface area contributed by atoms with Crippen LogP contribution in [0.25, 0.3) is 22.3 Å². The maximum absolute atomic E-state index is 11.6. The number of esters is 1. The average molecular weight is 398 g/mol. The Morgan fingerprint density at radius 1 is 1.18 bits per heavy atom. The zero-order valence-electron chi connectivity index (χ0n) is 15.5. The first-order valence-electron chi connectivity index (χ1n) is 9.08.